The second-order valence-corrected chi connectivity index (χ2v) is 7.67. The van der Waals surface area contributed by atoms with Crippen molar-refractivity contribution in [2.24, 2.45) is 0 Å². The van der Waals surface area contributed by atoms with E-state index in [0.29, 0.717) is 28.7 Å². The number of rotatable bonds is 10. The Bertz CT molecular complexity index is 1110. The molecule has 0 saturated carbocycles. The van der Waals surface area contributed by atoms with Crippen LogP contribution in [0.1, 0.15) is 11.1 Å². The van der Waals surface area contributed by atoms with Crippen LogP contribution in [-0.4, -0.2) is 40.7 Å². The van der Waals surface area contributed by atoms with Gasteiger partial charge in [-0.05, 0) is 65.5 Å². The summed E-state index contributed by atoms with van der Waals surface area (Å²) in [4.78, 5) is 0.828. The quantitative estimate of drug-likeness (QED) is 0.288. The molecule has 0 aliphatic carbocycles. The van der Waals surface area contributed by atoms with Gasteiger partial charge in [0, 0.05) is 4.90 Å². The molecule has 0 fully saturated rings. The lowest BCUT2D eigenvalue weighted by atomic mass is 10.1. The molecule has 0 radical (unpaired) electrons. The van der Waals surface area contributed by atoms with Gasteiger partial charge in [0.25, 0.3) is 0 Å². The van der Waals surface area contributed by atoms with Gasteiger partial charge < -0.3 is 33.5 Å². The summed E-state index contributed by atoms with van der Waals surface area (Å²) in [5.41, 5.74) is 2.66. The molecule has 7 nitrogen and oxygen atoms in total. The maximum Gasteiger partial charge on any atom is 0.203 e. The molecule has 0 aliphatic heterocycles. The number of phenolic OH excluding ortho intramolecular Hbond substituents is 1. The van der Waals surface area contributed by atoms with Crippen molar-refractivity contribution >= 4 is 29.8 Å². The molecule has 174 valence electrons. The van der Waals surface area contributed by atoms with E-state index in [-0.39, 0.29) is 5.75 Å². The van der Waals surface area contributed by atoms with Gasteiger partial charge in [-0.2, -0.15) is 0 Å². The average Bonchev–Trinajstić information content (AvgIpc) is 2.85. The van der Waals surface area contributed by atoms with Gasteiger partial charge in [0.05, 0.1) is 41.2 Å². The second kappa shape index (κ2) is 11.3. The summed E-state index contributed by atoms with van der Waals surface area (Å²) in [7, 11) is 7.89. The Labute approximate surface area is 198 Å². The lowest BCUT2D eigenvalue weighted by Gasteiger charge is -2.13. The minimum atomic E-state index is 0.0818. The Morgan fingerprint density at radius 1 is 0.667 bits per heavy atom. The number of nitrogens with one attached hydrogen (secondary N) is 1. The predicted octanol–water partition coefficient (Wildman–Crippen LogP) is 5.72. The fraction of sp³-hybridized carbons (Fsp3) is 0.200. The number of hydrogen-bond acceptors (Lipinski definition) is 8. The maximum absolute atomic E-state index is 9.99. The zero-order chi connectivity index (χ0) is 23.8. The highest BCUT2D eigenvalue weighted by molar-refractivity contribution is 8.00. The van der Waals surface area contributed by atoms with Crippen LogP contribution >= 0.6 is 11.9 Å². The zero-order valence-corrected chi connectivity index (χ0v) is 20.0. The van der Waals surface area contributed by atoms with Crippen molar-refractivity contribution in [1.29, 1.82) is 0 Å². The lowest BCUT2D eigenvalue weighted by molar-refractivity contribution is 0.324. The topological polar surface area (TPSA) is 78.4 Å². The monoisotopic (exact) mass is 469 g/mol. The van der Waals surface area contributed by atoms with Crippen molar-refractivity contribution in [1.82, 2.24) is 0 Å². The van der Waals surface area contributed by atoms with E-state index in [1.807, 2.05) is 48.6 Å². The summed E-state index contributed by atoms with van der Waals surface area (Å²) in [5, 5.41) is 9.99. The minimum Gasteiger partial charge on any atom is -0.504 e. The third-order valence-corrected chi connectivity index (χ3v) is 5.62. The first-order valence-electron chi connectivity index (χ1n) is 9.99. The van der Waals surface area contributed by atoms with Gasteiger partial charge >= 0.3 is 0 Å². The van der Waals surface area contributed by atoms with Gasteiger partial charge in [0.1, 0.15) is 5.75 Å². The number of methoxy groups -OCH3 is 5. The molecule has 0 unspecified atom stereocenters. The molecular weight excluding hydrogens is 442 g/mol. The smallest absolute Gasteiger partial charge is 0.203 e. The molecule has 3 rings (SSSR count). The highest BCUT2D eigenvalue weighted by atomic mass is 32.2. The molecule has 0 atom stereocenters. The number of phenols is 1. The molecule has 0 aromatic heterocycles. The molecule has 3 aromatic carbocycles. The number of benzene rings is 3. The first-order chi connectivity index (χ1) is 16.0. The molecule has 0 bridgehead atoms. The van der Waals surface area contributed by atoms with Crippen molar-refractivity contribution in [2.45, 2.75) is 4.90 Å². The van der Waals surface area contributed by atoms with Crippen LogP contribution in [0.5, 0.6) is 34.5 Å². The Kier molecular flexibility index (Phi) is 8.21. The van der Waals surface area contributed by atoms with Gasteiger partial charge in [0.2, 0.25) is 5.75 Å². The number of ether oxygens (including phenoxy) is 5. The van der Waals surface area contributed by atoms with Crippen LogP contribution in [0.25, 0.3) is 12.2 Å². The fourth-order valence-corrected chi connectivity index (χ4v) is 3.84. The van der Waals surface area contributed by atoms with E-state index in [1.54, 1.807) is 40.6 Å². The summed E-state index contributed by atoms with van der Waals surface area (Å²) < 4.78 is 30.1. The van der Waals surface area contributed by atoms with Crippen LogP contribution in [0.3, 0.4) is 0 Å². The molecule has 0 aliphatic rings. The third kappa shape index (κ3) is 5.78. The summed E-state index contributed by atoms with van der Waals surface area (Å²) in [6, 6.07) is 14.8. The molecule has 0 heterocycles. The second-order valence-electron chi connectivity index (χ2n) is 6.79. The van der Waals surface area contributed by atoms with Crippen molar-refractivity contribution in [3.63, 3.8) is 0 Å². The van der Waals surface area contributed by atoms with Crippen LogP contribution < -0.4 is 28.4 Å². The van der Waals surface area contributed by atoms with Crippen molar-refractivity contribution in [2.75, 3.05) is 40.3 Å². The molecule has 33 heavy (non-hydrogen) atoms. The predicted molar refractivity (Wildman–Crippen MR) is 132 cm³/mol. The van der Waals surface area contributed by atoms with Crippen LogP contribution in [-0.2, 0) is 0 Å². The third-order valence-electron chi connectivity index (χ3n) is 4.81. The van der Waals surface area contributed by atoms with Crippen molar-refractivity contribution in [3.8, 4) is 34.5 Å². The number of hydrogen-bond donors (Lipinski definition) is 2. The van der Waals surface area contributed by atoms with Crippen LogP contribution in [0.2, 0.25) is 0 Å². The first kappa shape index (κ1) is 24.0. The van der Waals surface area contributed by atoms with Gasteiger partial charge in [-0.15, -0.1) is 0 Å². The molecule has 0 amide bonds. The largest absolute Gasteiger partial charge is 0.504 e. The van der Waals surface area contributed by atoms with Gasteiger partial charge in [0.15, 0.2) is 23.0 Å². The minimum absolute atomic E-state index is 0.0818. The standard InChI is InChI=1S/C25H27NO6S/c1-28-21-10-8-16(6-7-17-13-23(30-3)25(32-5)24(14-17)31-4)12-19(21)26-33-18-9-11-22(29-2)20(27)15-18/h6-15,26-27H,1-5H3/b7-6-. The van der Waals surface area contributed by atoms with E-state index < -0.39 is 0 Å². The van der Waals surface area contributed by atoms with Crippen LogP contribution in [0, 0.1) is 0 Å². The highest BCUT2D eigenvalue weighted by Crippen LogP contribution is 2.39. The Morgan fingerprint density at radius 3 is 1.85 bits per heavy atom. The van der Waals surface area contributed by atoms with Crippen LogP contribution in [0.15, 0.2) is 53.4 Å². The van der Waals surface area contributed by atoms with Gasteiger partial charge in [-0.25, -0.2) is 0 Å². The van der Waals surface area contributed by atoms with E-state index >= 15 is 0 Å². The van der Waals surface area contributed by atoms with Gasteiger partial charge in [-0.3, -0.25) is 0 Å². The molecular formula is C25H27NO6S. The summed E-state index contributed by atoms with van der Waals surface area (Å²) >= 11 is 1.36. The summed E-state index contributed by atoms with van der Waals surface area (Å²) in [6.07, 6.45) is 3.94. The molecule has 0 saturated heterocycles. The summed E-state index contributed by atoms with van der Waals surface area (Å²) in [6.45, 7) is 0. The molecule has 8 heteroatoms. The Balaban J connectivity index is 1.82. The molecule has 0 spiro atoms. The first-order valence-corrected chi connectivity index (χ1v) is 10.8. The van der Waals surface area contributed by atoms with Crippen molar-refractivity contribution in [3.05, 3.63) is 59.7 Å². The summed E-state index contributed by atoms with van der Waals surface area (Å²) in [5.74, 6) is 2.94. The van der Waals surface area contributed by atoms with Crippen molar-refractivity contribution < 1.29 is 28.8 Å². The van der Waals surface area contributed by atoms with E-state index in [2.05, 4.69) is 4.72 Å². The highest BCUT2D eigenvalue weighted by Gasteiger charge is 2.12. The average molecular weight is 470 g/mol. The molecule has 2 N–H and O–H groups in total. The molecule has 3 aromatic rings. The van der Waals surface area contributed by atoms with Gasteiger partial charge in [-0.1, -0.05) is 18.2 Å². The van der Waals surface area contributed by atoms with E-state index in [1.165, 1.54) is 19.1 Å². The number of aromatic hydroxyl groups is 1. The van der Waals surface area contributed by atoms with E-state index in [9.17, 15) is 5.11 Å². The van der Waals surface area contributed by atoms with E-state index in [0.717, 1.165) is 21.7 Å². The van der Waals surface area contributed by atoms with E-state index in [4.69, 9.17) is 23.7 Å². The Morgan fingerprint density at radius 2 is 1.27 bits per heavy atom. The SMILES string of the molecule is COc1ccc(SNc2cc(/C=C\c3cc(OC)c(OC)c(OC)c3)ccc2OC)cc1O. The van der Waals surface area contributed by atoms with Crippen LogP contribution in [0.4, 0.5) is 5.69 Å². The maximum atomic E-state index is 9.99. The zero-order valence-electron chi connectivity index (χ0n) is 19.2. The fourth-order valence-electron chi connectivity index (χ4n) is 3.15. The Hall–Kier alpha value is -3.65. The number of anilines is 1. The lowest BCUT2D eigenvalue weighted by Crippen LogP contribution is -1.95. The normalized spacial score (nSPS) is 10.7.